The van der Waals surface area contributed by atoms with Gasteiger partial charge in [-0.15, -0.1) is 11.3 Å². The molecule has 0 fully saturated rings. The Morgan fingerprint density at radius 3 is 2.45 bits per heavy atom. The second-order valence-corrected chi connectivity index (χ2v) is 7.04. The third-order valence-corrected chi connectivity index (χ3v) is 5.31. The Bertz CT molecular complexity index is 1230. The second kappa shape index (κ2) is 7.48. The number of hydrogen-bond acceptors (Lipinski definition) is 6. The van der Waals surface area contributed by atoms with Crippen LogP contribution in [0.15, 0.2) is 53.9 Å². The molecule has 0 aliphatic heterocycles. The summed E-state index contributed by atoms with van der Waals surface area (Å²) in [7, 11) is 2.42. The van der Waals surface area contributed by atoms with E-state index in [1.165, 1.54) is 36.3 Å². The molecule has 0 amide bonds. The van der Waals surface area contributed by atoms with Gasteiger partial charge in [0.05, 0.1) is 19.9 Å². The molecule has 4 rings (SSSR count). The summed E-state index contributed by atoms with van der Waals surface area (Å²) in [5, 5.41) is 6.73. The summed E-state index contributed by atoms with van der Waals surface area (Å²) in [5.74, 6) is -1.97. The number of carbonyl (C=O) groups is 2. The lowest BCUT2D eigenvalue weighted by atomic mass is 10.0. The largest absolute Gasteiger partial charge is 0.465 e. The van der Waals surface area contributed by atoms with E-state index >= 15 is 0 Å². The maximum atomic E-state index is 14.6. The van der Waals surface area contributed by atoms with Crippen molar-refractivity contribution in [1.29, 1.82) is 0 Å². The maximum absolute atomic E-state index is 14.6. The SMILES string of the molecule is COC(=O)c1c(-c2cc(F)c3ccsc3c2)nn(-c2ccccc2)c1C(=O)OC. The van der Waals surface area contributed by atoms with Crippen molar-refractivity contribution in [3.63, 3.8) is 0 Å². The number of aromatic nitrogens is 2. The maximum Gasteiger partial charge on any atom is 0.357 e. The van der Waals surface area contributed by atoms with Gasteiger partial charge in [0, 0.05) is 15.6 Å². The van der Waals surface area contributed by atoms with Crippen LogP contribution >= 0.6 is 11.3 Å². The molecule has 0 saturated carbocycles. The minimum Gasteiger partial charge on any atom is -0.465 e. The monoisotopic (exact) mass is 410 g/mol. The first kappa shape index (κ1) is 18.8. The van der Waals surface area contributed by atoms with E-state index in [2.05, 4.69) is 5.10 Å². The molecule has 0 radical (unpaired) electrons. The topological polar surface area (TPSA) is 70.4 Å². The minimum absolute atomic E-state index is 0.0847. The van der Waals surface area contributed by atoms with E-state index in [4.69, 9.17) is 9.47 Å². The molecule has 2 aromatic carbocycles. The first-order valence-electron chi connectivity index (χ1n) is 8.57. The van der Waals surface area contributed by atoms with Gasteiger partial charge in [0.25, 0.3) is 0 Å². The molecule has 0 saturated heterocycles. The van der Waals surface area contributed by atoms with Crippen LogP contribution in [0.1, 0.15) is 20.8 Å². The molecule has 6 nitrogen and oxygen atoms in total. The van der Waals surface area contributed by atoms with E-state index in [-0.39, 0.29) is 17.0 Å². The molecule has 8 heteroatoms. The molecule has 4 aromatic rings. The average molecular weight is 410 g/mol. The number of benzene rings is 2. The normalized spacial score (nSPS) is 10.9. The first-order valence-corrected chi connectivity index (χ1v) is 9.45. The predicted octanol–water partition coefficient (Wildman–Crippen LogP) is 4.47. The number of para-hydroxylation sites is 1. The van der Waals surface area contributed by atoms with Crippen molar-refractivity contribution in [2.24, 2.45) is 0 Å². The fourth-order valence-electron chi connectivity index (χ4n) is 3.12. The summed E-state index contributed by atoms with van der Waals surface area (Å²) in [5.41, 5.74) is 0.862. The number of rotatable bonds is 4. The fourth-order valence-corrected chi connectivity index (χ4v) is 3.96. The van der Waals surface area contributed by atoms with Crippen LogP contribution in [0.5, 0.6) is 0 Å². The molecule has 29 heavy (non-hydrogen) atoms. The van der Waals surface area contributed by atoms with E-state index in [0.29, 0.717) is 21.3 Å². The third-order valence-electron chi connectivity index (χ3n) is 4.45. The van der Waals surface area contributed by atoms with Gasteiger partial charge in [-0.1, -0.05) is 18.2 Å². The summed E-state index contributed by atoms with van der Waals surface area (Å²) >= 11 is 1.37. The number of hydrogen-bond donors (Lipinski definition) is 0. The number of methoxy groups -OCH3 is 2. The summed E-state index contributed by atoms with van der Waals surface area (Å²) in [6.07, 6.45) is 0. The lowest BCUT2D eigenvalue weighted by Crippen LogP contribution is -2.15. The van der Waals surface area contributed by atoms with E-state index < -0.39 is 17.8 Å². The van der Waals surface area contributed by atoms with Gasteiger partial charge in [-0.25, -0.2) is 18.7 Å². The van der Waals surface area contributed by atoms with Crippen LogP contribution in [-0.2, 0) is 9.47 Å². The molecule has 0 atom stereocenters. The molecule has 0 aliphatic rings. The van der Waals surface area contributed by atoms with Gasteiger partial charge in [0.15, 0.2) is 5.69 Å². The van der Waals surface area contributed by atoms with Crippen LogP contribution < -0.4 is 0 Å². The Balaban J connectivity index is 2.06. The van der Waals surface area contributed by atoms with Gasteiger partial charge >= 0.3 is 11.9 Å². The predicted molar refractivity (Wildman–Crippen MR) is 107 cm³/mol. The van der Waals surface area contributed by atoms with Crippen LogP contribution in [0.4, 0.5) is 4.39 Å². The van der Waals surface area contributed by atoms with Crippen LogP contribution in [0.2, 0.25) is 0 Å². The van der Waals surface area contributed by atoms with E-state index in [1.807, 2.05) is 6.07 Å². The van der Waals surface area contributed by atoms with Gasteiger partial charge in [-0.3, -0.25) is 0 Å². The number of thiophene rings is 1. The highest BCUT2D eigenvalue weighted by Crippen LogP contribution is 2.34. The minimum atomic E-state index is -0.769. The number of nitrogens with zero attached hydrogens (tertiary/aromatic N) is 2. The van der Waals surface area contributed by atoms with Gasteiger partial charge in [-0.2, -0.15) is 5.10 Å². The van der Waals surface area contributed by atoms with Gasteiger partial charge in [0.2, 0.25) is 0 Å². The molecule has 0 aliphatic carbocycles. The van der Waals surface area contributed by atoms with Crippen molar-refractivity contribution >= 4 is 33.4 Å². The summed E-state index contributed by atoms with van der Waals surface area (Å²) in [6.45, 7) is 0. The number of esters is 2. The van der Waals surface area contributed by atoms with Gasteiger partial charge in [-0.05, 0) is 35.7 Å². The number of ether oxygens (including phenoxy) is 2. The standard InChI is InChI=1S/C21H15FN2O4S/c1-27-20(25)17-18(12-10-15(22)14-8-9-29-16(14)11-12)23-24(19(17)21(26)28-2)13-6-4-3-5-7-13/h3-11H,1-2H3. The molecular weight excluding hydrogens is 395 g/mol. The van der Waals surface area contributed by atoms with Crippen molar-refractivity contribution in [3.8, 4) is 16.9 Å². The van der Waals surface area contributed by atoms with Crippen LogP contribution in [0.25, 0.3) is 27.0 Å². The Morgan fingerprint density at radius 1 is 1.03 bits per heavy atom. The van der Waals surface area contributed by atoms with Crippen LogP contribution in [0, 0.1) is 5.82 Å². The lowest BCUT2D eigenvalue weighted by Gasteiger charge is -2.07. The molecule has 0 unspecified atom stereocenters. The molecule has 146 valence electrons. The Hall–Kier alpha value is -3.52. The number of halogens is 1. The lowest BCUT2D eigenvalue weighted by molar-refractivity contribution is 0.0549. The zero-order chi connectivity index (χ0) is 20.5. The van der Waals surface area contributed by atoms with Crippen molar-refractivity contribution in [2.75, 3.05) is 14.2 Å². The Labute approximate surface area is 169 Å². The first-order chi connectivity index (χ1) is 14.0. The average Bonchev–Trinajstić information content (AvgIpc) is 3.38. The van der Waals surface area contributed by atoms with Crippen molar-refractivity contribution < 1.29 is 23.5 Å². The zero-order valence-electron chi connectivity index (χ0n) is 15.5. The Kier molecular flexibility index (Phi) is 4.85. The number of fused-ring (bicyclic) bond motifs is 1. The highest BCUT2D eigenvalue weighted by molar-refractivity contribution is 7.17. The summed E-state index contributed by atoms with van der Waals surface area (Å²) in [6, 6.07) is 13.5. The van der Waals surface area contributed by atoms with E-state index in [9.17, 15) is 14.0 Å². The summed E-state index contributed by atoms with van der Waals surface area (Å²) in [4.78, 5) is 25.2. The van der Waals surface area contributed by atoms with Crippen LogP contribution in [0.3, 0.4) is 0 Å². The molecule has 0 bridgehead atoms. The number of carbonyl (C=O) groups excluding carboxylic acids is 2. The van der Waals surface area contributed by atoms with Crippen molar-refractivity contribution in [2.45, 2.75) is 0 Å². The fraction of sp³-hybridized carbons (Fsp3) is 0.0952. The summed E-state index contributed by atoms with van der Waals surface area (Å²) < 4.78 is 26.4. The van der Waals surface area contributed by atoms with Crippen molar-refractivity contribution in [3.05, 3.63) is 71.0 Å². The van der Waals surface area contributed by atoms with Gasteiger partial charge < -0.3 is 9.47 Å². The molecular formula is C21H15FN2O4S. The smallest absolute Gasteiger partial charge is 0.357 e. The zero-order valence-corrected chi connectivity index (χ0v) is 16.3. The molecule has 0 spiro atoms. The van der Waals surface area contributed by atoms with Crippen LogP contribution in [-0.4, -0.2) is 35.9 Å². The highest BCUT2D eigenvalue weighted by atomic mass is 32.1. The molecule has 0 N–H and O–H groups in total. The second-order valence-electron chi connectivity index (χ2n) is 6.09. The highest BCUT2D eigenvalue weighted by Gasteiger charge is 2.31. The quantitative estimate of drug-likeness (QED) is 0.465. The van der Waals surface area contributed by atoms with E-state index in [1.54, 1.807) is 41.8 Å². The molecule has 2 aromatic heterocycles. The molecule has 2 heterocycles. The Morgan fingerprint density at radius 2 is 1.76 bits per heavy atom. The third kappa shape index (κ3) is 3.17. The van der Waals surface area contributed by atoms with Crippen molar-refractivity contribution in [1.82, 2.24) is 9.78 Å². The van der Waals surface area contributed by atoms with E-state index in [0.717, 1.165) is 0 Å². The van der Waals surface area contributed by atoms with Gasteiger partial charge in [0.1, 0.15) is 17.1 Å².